The van der Waals surface area contributed by atoms with Gasteiger partial charge in [0.2, 0.25) is 0 Å². The van der Waals surface area contributed by atoms with Crippen LogP contribution in [0.3, 0.4) is 0 Å². The molecule has 0 amide bonds. The van der Waals surface area contributed by atoms with Crippen LogP contribution in [0.4, 0.5) is 17.1 Å². The Balaban J connectivity index is 1.87. The lowest BCUT2D eigenvalue weighted by molar-refractivity contribution is -0.393. The summed E-state index contributed by atoms with van der Waals surface area (Å²) in [6.07, 6.45) is 1.71. The molecule has 0 spiro atoms. The highest BCUT2D eigenvalue weighted by molar-refractivity contribution is 8.76. The molecule has 0 atom stereocenters. The summed E-state index contributed by atoms with van der Waals surface area (Å²) in [6, 6.07) is 9.18. The number of pyridine rings is 1. The molecule has 1 aromatic heterocycles. The third kappa shape index (κ3) is 5.11. The summed E-state index contributed by atoms with van der Waals surface area (Å²) in [6.45, 7) is 0.489. The number of aromatic nitrogens is 1. The molecule has 0 fully saturated rings. The van der Waals surface area contributed by atoms with E-state index in [1.165, 1.54) is 22.9 Å². The SMILES string of the molecule is O=[N+]([O-])c1ccc(NCCSSc2ccccn2)c([N+](=O)[O-])c1. The van der Waals surface area contributed by atoms with Crippen LogP contribution in [0.2, 0.25) is 0 Å². The molecule has 8 nitrogen and oxygen atoms in total. The minimum atomic E-state index is -0.657. The second kappa shape index (κ2) is 8.34. The summed E-state index contributed by atoms with van der Waals surface area (Å²) in [5.41, 5.74) is -0.340. The monoisotopic (exact) mass is 352 g/mol. The van der Waals surface area contributed by atoms with Gasteiger partial charge < -0.3 is 5.32 Å². The van der Waals surface area contributed by atoms with Gasteiger partial charge in [-0.15, -0.1) is 0 Å². The van der Waals surface area contributed by atoms with Crippen LogP contribution in [-0.2, 0) is 0 Å². The van der Waals surface area contributed by atoms with Gasteiger partial charge in [0, 0.05) is 24.6 Å². The van der Waals surface area contributed by atoms with Gasteiger partial charge in [0.15, 0.2) is 0 Å². The Hall–Kier alpha value is -2.33. The second-order valence-corrected chi connectivity index (χ2v) is 6.65. The zero-order chi connectivity index (χ0) is 16.7. The normalized spacial score (nSPS) is 10.3. The van der Waals surface area contributed by atoms with Gasteiger partial charge in [0.05, 0.1) is 15.9 Å². The smallest absolute Gasteiger partial charge is 0.299 e. The van der Waals surface area contributed by atoms with Gasteiger partial charge in [-0.25, -0.2) is 4.98 Å². The summed E-state index contributed by atoms with van der Waals surface area (Å²) in [5.74, 6) is 0.690. The van der Waals surface area contributed by atoms with Gasteiger partial charge in [-0.3, -0.25) is 20.2 Å². The van der Waals surface area contributed by atoms with E-state index in [4.69, 9.17) is 0 Å². The Morgan fingerprint density at radius 1 is 1.13 bits per heavy atom. The van der Waals surface area contributed by atoms with Crippen LogP contribution in [-0.4, -0.2) is 27.1 Å². The van der Waals surface area contributed by atoms with Crippen LogP contribution in [0.15, 0.2) is 47.6 Å². The molecule has 0 saturated heterocycles. The lowest BCUT2D eigenvalue weighted by Crippen LogP contribution is -2.06. The standard InChI is InChI=1S/C13H12N4O4S2/c18-16(19)10-4-5-11(12(9-10)17(20)21)14-7-8-22-23-13-3-1-2-6-15-13/h1-6,9,14H,7-8H2. The van der Waals surface area contributed by atoms with E-state index < -0.39 is 9.85 Å². The molecule has 0 unspecified atom stereocenters. The van der Waals surface area contributed by atoms with Crippen LogP contribution in [0, 0.1) is 20.2 Å². The lowest BCUT2D eigenvalue weighted by Gasteiger charge is -2.06. The van der Waals surface area contributed by atoms with E-state index in [-0.39, 0.29) is 17.1 Å². The van der Waals surface area contributed by atoms with E-state index in [0.29, 0.717) is 12.3 Å². The summed E-state index contributed by atoms with van der Waals surface area (Å²) in [7, 11) is 3.08. The first-order valence-electron chi connectivity index (χ1n) is 6.45. The van der Waals surface area contributed by atoms with Crippen molar-refractivity contribution in [2.75, 3.05) is 17.6 Å². The van der Waals surface area contributed by atoms with E-state index in [2.05, 4.69) is 10.3 Å². The van der Waals surface area contributed by atoms with Crippen molar-refractivity contribution in [3.63, 3.8) is 0 Å². The highest BCUT2D eigenvalue weighted by atomic mass is 33.1. The molecule has 0 radical (unpaired) electrons. The van der Waals surface area contributed by atoms with Crippen LogP contribution in [0.1, 0.15) is 0 Å². The molecular formula is C13H12N4O4S2. The highest BCUT2D eigenvalue weighted by Gasteiger charge is 2.18. The Bertz CT molecular complexity index is 700. The van der Waals surface area contributed by atoms with Gasteiger partial charge in [0.1, 0.15) is 10.7 Å². The third-order valence-electron chi connectivity index (χ3n) is 2.67. The van der Waals surface area contributed by atoms with Gasteiger partial charge >= 0.3 is 0 Å². The molecule has 0 saturated carbocycles. The molecule has 1 heterocycles. The van der Waals surface area contributed by atoms with Crippen LogP contribution in [0.25, 0.3) is 0 Å². The van der Waals surface area contributed by atoms with Crippen molar-refractivity contribution in [3.05, 3.63) is 62.8 Å². The van der Waals surface area contributed by atoms with Crippen LogP contribution < -0.4 is 5.32 Å². The predicted molar refractivity (Wildman–Crippen MR) is 90.8 cm³/mol. The fraction of sp³-hybridized carbons (Fsp3) is 0.154. The molecular weight excluding hydrogens is 340 g/mol. The van der Waals surface area contributed by atoms with Crippen molar-refractivity contribution in [3.8, 4) is 0 Å². The van der Waals surface area contributed by atoms with Crippen molar-refractivity contribution in [2.45, 2.75) is 5.03 Å². The van der Waals surface area contributed by atoms with Crippen molar-refractivity contribution < 1.29 is 9.85 Å². The maximum atomic E-state index is 11.0. The summed E-state index contributed by atoms with van der Waals surface area (Å²) >= 11 is 0. The third-order valence-corrected chi connectivity index (χ3v) is 4.94. The van der Waals surface area contributed by atoms with Crippen LogP contribution >= 0.6 is 21.6 Å². The molecule has 0 aliphatic heterocycles. The summed E-state index contributed by atoms with van der Waals surface area (Å²) in [4.78, 5) is 24.5. The minimum Gasteiger partial charge on any atom is -0.379 e. The van der Waals surface area contributed by atoms with Crippen LogP contribution in [0.5, 0.6) is 0 Å². The average Bonchev–Trinajstić information content (AvgIpc) is 2.55. The van der Waals surface area contributed by atoms with Gasteiger partial charge in [0.25, 0.3) is 11.4 Å². The van der Waals surface area contributed by atoms with Crippen molar-refractivity contribution >= 4 is 38.6 Å². The largest absolute Gasteiger partial charge is 0.379 e. The maximum Gasteiger partial charge on any atom is 0.299 e. The molecule has 10 heteroatoms. The van der Waals surface area contributed by atoms with Gasteiger partial charge in [-0.2, -0.15) is 0 Å². The molecule has 120 valence electrons. The van der Waals surface area contributed by atoms with Crippen molar-refractivity contribution in [2.24, 2.45) is 0 Å². The lowest BCUT2D eigenvalue weighted by atomic mass is 10.2. The number of hydrogen-bond donors (Lipinski definition) is 1. The zero-order valence-electron chi connectivity index (χ0n) is 11.7. The molecule has 0 aliphatic carbocycles. The number of nitro groups is 2. The van der Waals surface area contributed by atoms with Crippen molar-refractivity contribution in [1.82, 2.24) is 4.98 Å². The Labute approximate surface area is 139 Å². The molecule has 2 rings (SSSR count). The van der Waals surface area contributed by atoms with Crippen molar-refractivity contribution in [1.29, 1.82) is 0 Å². The first-order chi connectivity index (χ1) is 11.1. The fourth-order valence-corrected chi connectivity index (χ4v) is 3.45. The highest BCUT2D eigenvalue weighted by Crippen LogP contribution is 2.31. The number of benzene rings is 1. The van der Waals surface area contributed by atoms with E-state index in [1.54, 1.807) is 17.0 Å². The molecule has 1 aromatic carbocycles. The minimum absolute atomic E-state index is 0.268. The fourth-order valence-electron chi connectivity index (χ4n) is 1.66. The molecule has 2 aromatic rings. The number of nitrogens with one attached hydrogen (secondary N) is 1. The number of nitro benzene ring substituents is 2. The quantitative estimate of drug-likeness (QED) is 0.331. The molecule has 0 bridgehead atoms. The second-order valence-electron chi connectivity index (χ2n) is 4.22. The number of non-ortho nitro benzene ring substituents is 1. The van der Waals surface area contributed by atoms with E-state index in [9.17, 15) is 20.2 Å². The number of rotatable bonds is 8. The van der Waals surface area contributed by atoms with E-state index in [0.717, 1.165) is 11.1 Å². The topological polar surface area (TPSA) is 111 Å². The summed E-state index contributed by atoms with van der Waals surface area (Å²) in [5, 5.41) is 25.5. The Morgan fingerprint density at radius 2 is 1.96 bits per heavy atom. The van der Waals surface area contributed by atoms with E-state index in [1.807, 2.05) is 18.2 Å². The van der Waals surface area contributed by atoms with Gasteiger partial charge in [-0.1, -0.05) is 16.9 Å². The zero-order valence-corrected chi connectivity index (χ0v) is 13.4. The van der Waals surface area contributed by atoms with E-state index >= 15 is 0 Å². The Kier molecular flexibility index (Phi) is 6.18. The molecule has 23 heavy (non-hydrogen) atoms. The predicted octanol–water partition coefficient (Wildman–Crippen LogP) is 3.75. The summed E-state index contributed by atoms with van der Waals surface area (Å²) < 4.78 is 0. The Morgan fingerprint density at radius 3 is 2.61 bits per heavy atom. The molecule has 1 N–H and O–H groups in total. The average molecular weight is 352 g/mol. The van der Waals surface area contributed by atoms with Gasteiger partial charge in [-0.05, 0) is 29.0 Å². The molecule has 0 aliphatic rings. The number of nitrogens with zero attached hydrogens (tertiary/aromatic N) is 3. The first kappa shape index (κ1) is 17.0. The number of anilines is 1. The first-order valence-corrected chi connectivity index (χ1v) is 8.77. The number of hydrogen-bond acceptors (Lipinski definition) is 8. The maximum absolute atomic E-state index is 11.0.